The lowest BCUT2D eigenvalue weighted by atomic mass is 10.0. The Morgan fingerprint density at radius 3 is 2.27 bits per heavy atom. The lowest BCUT2D eigenvalue weighted by Gasteiger charge is -2.33. The van der Waals surface area contributed by atoms with E-state index in [0.717, 1.165) is 0 Å². The Hall–Kier alpha value is -2.04. The number of ether oxygens (including phenoxy) is 1. The maximum absolute atomic E-state index is 14.0. The van der Waals surface area contributed by atoms with Crippen LogP contribution in [0.25, 0.3) is 0 Å². The molecule has 0 fully saturated rings. The van der Waals surface area contributed by atoms with Gasteiger partial charge in [-0.25, -0.2) is 12.8 Å². The highest BCUT2D eigenvalue weighted by Gasteiger charge is 2.33. The van der Waals surface area contributed by atoms with E-state index in [1.54, 1.807) is 19.9 Å². The van der Waals surface area contributed by atoms with Crippen molar-refractivity contribution in [1.82, 2.24) is 9.21 Å². The third kappa shape index (κ3) is 6.74. The molecule has 2 aromatic rings. The Morgan fingerprint density at radius 1 is 1.12 bits per heavy atom. The van der Waals surface area contributed by atoms with Gasteiger partial charge in [0, 0.05) is 38.3 Å². The Bertz CT molecular complexity index is 1040. The molecule has 0 aromatic heterocycles. The maximum Gasteiger partial charge on any atom is 0.256 e. The van der Waals surface area contributed by atoms with E-state index >= 15 is 0 Å². The second kappa shape index (κ2) is 11.9. The quantitative estimate of drug-likeness (QED) is 0.511. The van der Waals surface area contributed by atoms with Gasteiger partial charge in [0.25, 0.3) is 5.91 Å². The fraction of sp³-hybridized carbons (Fsp3) is 0.435. The molecule has 0 aliphatic rings. The Morgan fingerprint density at radius 2 is 1.73 bits per heavy atom. The minimum absolute atomic E-state index is 0.0346. The molecule has 0 aliphatic carbocycles. The van der Waals surface area contributed by atoms with Gasteiger partial charge in [0.2, 0.25) is 10.0 Å². The second-order valence-electron chi connectivity index (χ2n) is 7.98. The molecule has 7 nitrogen and oxygen atoms in total. The van der Waals surface area contributed by atoms with Crippen molar-refractivity contribution < 1.29 is 27.4 Å². The van der Waals surface area contributed by atoms with Crippen molar-refractivity contribution in [2.75, 3.05) is 33.9 Å². The maximum atomic E-state index is 14.0. The Kier molecular flexibility index (Phi) is 9.81. The zero-order valence-corrected chi connectivity index (χ0v) is 20.7. The van der Waals surface area contributed by atoms with E-state index in [1.807, 2.05) is 0 Å². The molecular formula is C23H30ClFN2O5S. The van der Waals surface area contributed by atoms with E-state index < -0.39 is 33.9 Å². The SMILES string of the molecule is CO[C@@H](CN(C)C(=O)c1ccccc1F)[C@@H](C)CN([C@H](C)CO)S(=O)(=O)c1ccc(Cl)cc1. The summed E-state index contributed by atoms with van der Waals surface area (Å²) in [5.74, 6) is -1.48. The van der Waals surface area contributed by atoms with Crippen LogP contribution in [0.15, 0.2) is 53.4 Å². The van der Waals surface area contributed by atoms with Crippen molar-refractivity contribution >= 4 is 27.5 Å². The first-order valence-corrected chi connectivity index (χ1v) is 12.3. The first kappa shape index (κ1) is 27.2. The van der Waals surface area contributed by atoms with Gasteiger partial charge in [-0.2, -0.15) is 4.31 Å². The topological polar surface area (TPSA) is 87.2 Å². The van der Waals surface area contributed by atoms with Crippen LogP contribution in [-0.4, -0.2) is 74.6 Å². The van der Waals surface area contributed by atoms with Gasteiger partial charge in [0.05, 0.1) is 23.2 Å². The van der Waals surface area contributed by atoms with Gasteiger partial charge in [0.15, 0.2) is 0 Å². The van der Waals surface area contributed by atoms with Crippen molar-refractivity contribution in [3.8, 4) is 0 Å². The number of carbonyl (C=O) groups excluding carboxylic acids is 1. The predicted molar refractivity (Wildman–Crippen MR) is 125 cm³/mol. The number of rotatable bonds is 11. The highest BCUT2D eigenvalue weighted by molar-refractivity contribution is 7.89. The minimum Gasteiger partial charge on any atom is -0.395 e. The first-order chi connectivity index (χ1) is 15.5. The molecule has 3 atom stereocenters. The summed E-state index contributed by atoms with van der Waals surface area (Å²) < 4.78 is 47.3. The van der Waals surface area contributed by atoms with Gasteiger partial charge >= 0.3 is 0 Å². The van der Waals surface area contributed by atoms with Crippen molar-refractivity contribution in [3.63, 3.8) is 0 Å². The number of aliphatic hydroxyl groups excluding tert-OH is 1. The van der Waals surface area contributed by atoms with Gasteiger partial charge < -0.3 is 14.7 Å². The average molecular weight is 501 g/mol. The molecule has 0 radical (unpaired) electrons. The van der Waals surface area contributed by atoms with E-state index in [-0.39, 0.29) is 36.1 Å². The summed E-state index contributed by atoms with van der Waals surface area (Å²) in [6.45, 7) is 3.18. The van der Waals surface area contributed by atoms with Crippen LogP contribution in [0, 0.1) is 11.7 Å². The molecule has 0 unspecified atom stereocenters. The number of hydrogen-bond donors (Lipinski definition) is 1. The average Bonchev–Trinajstić information content (AvgIpc) is 2.80. The Balaban J connectivity index is 2.21. The van der Waals surface area contributed by atoms with Gasteiger partial charge in [-0.05, 0) is 49.2 Å². The van der Waals surface area contributed by atoms with Crippen LogP contribution in [0.1, 0.15) is 24.2 Å². The van der Waals surface area contributed by atoms with Gasteiger partial charge in [-0.1, -0.05) is 30.7 Å². The lowest BCUT2D eigenvalue weighted by molar-refractivity contribution is 0.0220. The summed E-state index contributed by atoms with van der Waals surface area (Å²) in [7, 11) is -0.928. The molecule has 2 aromatic carbocycles. The zero-order chi connectivity index (χ0) is 24.8. The zero-order valence-electron chi connectivity index (χ0n) is 19.1. The molecule has 1 N–H and O–H groups in total. The molecule has 0 aliphatic heterocycles. The van der Waals surface area contributed by atoms with Crippen LogP contribution in [-0.2, 0) is 14.8 Å². The van der Waals surface area contributed by atoms with E-state index in [1.165, 1.54) is 65.8 Å². The lowest BCUT2D eigenvalue weighted by Crippen LogP contribution is -2.47. The van der Waals surface area contributed by atoms with E-state index in [0.29, 0.717) is 5.02 Å². The highest BCUT2D eigenvalue weighted by Crippen LogP contribution is 2.23. The first-order valence-electron chi connectivity index (χ1n) is 10.4. The van der Waals surface area contributed by atoms with Gasteiger partial charge in [0.1, 0.15) is 5.82 Å². The van der Waals surface area contributed by atoms with Crippen LogP contribution >= 0.6 is 11.6 Å². The molecule has 0 bridgehead atoms. The number of carbonyl (C=O) groups is 1. The van der Waals surface area contributed by atoms with Crippen molar-refractivity contribution in [3.05, 3.63) is 64.9 Å². The van der Waals surface area contributed by atoms with E-state index in [2.05, 4.69) is 0 Å². The summed E-state index contributed by atoms with van der Waals surface area (Å²) in [5, 5.41) is 10.1. The van der Waals surface area contributed by atoms with Crippen molar-refractivity contribution in [2.45, 2.75) is 30.9 Å². The van der Waals surface area contributed by atoms with Crippen LogP contribution in [0.4, 0.5) is 4.39 Å². The molecule has 1 amide bonds. The smallest absolute Gasteiger partial charge is 0.256 e. The summed E-state index contributed by atoms with van der Waals surface area (Å²) in [6.07, 6.45) is -0.542. The summed E-state index contributed by atoms with van der Waals surface area (Å²) in [4.78, 5) is 14.1. The van der Waals surface area contributed by atoms with Crippen LogP contribution < -0.4 is 0 Å². The molecule has 33 heavy (non-hydrogen) atoms. The van der Waals surface area contributed by atoms with E-state index in [4.69, 9.17) is 16.3 Å². The summed E-state index contributed by atoms with van der Waals surface area (Å²) in [5.41, 5.74) is -0.0525. The number of nitrogens with zero attached hydrogens (tertiary/aromatic N) is 2. The predicted octanol–water partition coefficient (Wildman–Crippen LogP) is 3.27. The molecular weight excluding hydrogens is 471 g/mol. The highest BCUT2D eigenvalue weighted by atomic mass is 35.5. The number of benzene rings is 2. The fourth-order valence-corrected chi connectivity index (χ4v) is 5.28. The Labute approximate surface area is 199 Å². The number of amides is 1. The minimum atomic E-state index is -3.93. The fourth-order valence-electron chi connectivity index (χ4n) is 3.43. The molecule has 0 saturated carbocycles. The number of hydrogen-bond acceptors (Lipinski definition) is 5. The summed E-state index contributed by atoms with van der Waals surface area (Å²) >= 11 is 5.88. The van der Waals surface area contributed by atoms with Crippen LogP contribution in [0.2, 0.25) is 5.02 Å². The van der Waals surface area contributed by atoms with Gasteiger partial charge in [-0.15, -0.1) is 0 Å². The molecule has 2 rings (SSSR count). The van der Waals surface area contributed by atoms with E-state index in [9.17, 15) is 22.7 Å². The van der Waals surface area contributed by atoms with Crippen LogP contribution in [0.5, 0.6) is 0 Å². The standard InChI is InChI=1S/C23H30ClFN2O5S/c1-16(22(32-4)14-26(3)23(29)20-7-5-6-8-21(20)25)13-27(17(2)15-28)33(30,31)19-11-9-18(24)10-12-19/h5-12,16-17,22,28H,13-15H2,1-4H3/t16-,17+,22-/m0/s1. The van der Waals surface area contributed by atoms with Gasteiger partial charge in [-0.3, -0.25) is 4.79 Å². The second-order valence-corrected chi connectivity index (χ2v) is 10.3. The third-order valence-electron chi connectivity index (χ3n) is 5.49. The molecule has 0 heterocycles. The number of sulfonamides is 1. The molecule has 182 valence electrons. The number of likely N-dealkylation sites (N-methyl/N-ethyl adjacent to an activating group) is 1. The largest absolute Gasteiger partial charge is 0.395 e. The molecule has 0 spiro atoms. The molecule has 10 heteroatoms. The molecule has 0 saturated heterocycles. The third-order valence-corrected chi connectivity index (χ3v) is 7.73. The number of methoxy groups -OCH3 is 1. The van der Waals surface area contributed by atoms with Crippen LogP contribution in [0.3, 0.4) is 0 Å². The van der Waals surface area contributed by atoms with Crippen molar-refractivity contribution in [1.29, 1.82) is 0 Å². The van der Waals surface area contributed by atoms with Crippen molar-refractivity contribution in [2.24, 2.45) is 5.92 Å². The number of aliphatic hydroxyl groups is 1. The normalized spacial score (nSPS) is 14.7. The monoisotopic (exact) mass is 500 g/mol. The summed E-state index contributed by atoms with van der Waals surface area (Å²) in [6, 6.07) is 10.8. The number of halogens is 2.